The standard InChI is InChI=1S/C32H36N3O15P/c36-19-26(37)21-48-51(44,45)47-17-16-33-29(38)2-1-3-30(39)34-18-22-4-8-24(9-5-22)31(40)49-27-12-6-23(7-13-27)20-46-32(41)50-28-14-10-25(11-15-28)35(42)43/h4-15,26,36-37H,1-3,16-21H2,(H,33,38)(H,34,39)(H,44,45). The lowest BCUT2D eigenvalue weighted by Gasteiger charge is -2.14. The van der Waals surface area contributed by atoms with E-state index in [0.717, 1.165) is 0 Å². The molecule has 0 bridgehead atoms. The highest BCUT2D eigenvalue weighted by Gasteiger charge is 2.22. The fourth-order valence-corrected chi connectivity index (χ4v) is 4.65. The van der Waals surface area contributed by atoms with Gasteiger partial charge in [-0.1, -0.05) is 24.3 Å². The second-order valence-electron chi connectivity index (χ2n) is 10.5. The van der Waals surface area contributed by atoms with Crippen molar-refractivity contribution in [2.24, 2.45) is 0 Å². The van der Waals surface area contributed by atoms with Crippen LogP contribution in [0.1, 0.15) is 40.7 Å². The smallest absolute Gasteiger partial charge is 0.429 e. The van der Waals surface area contributed by atoms with Crippen LogP contribution in [-0.4, -0.2) is 76.4 Å². The van der Waals surface area contributed by atoms with Crippen molar-refractivity contribution in [1.29, 1.82) is 0 Å². The molecule has 0 aromatic heterocycles. The van der Waals surface area contributed by atoms with E-state index >= 15 is 0 Å². The number of nitrogens with zero attached hydrogens (tertiary/aromatic N) is 1. The van der Waals surface area contributed by atoms with Gasteiger partial charge in [0.05, 0.1) is 30.3 Å². The van der Waals surface area contributed by atoms with Gasteiger partial charge in [-0.15, -0.1) is 0 Å². The number of nitro groups is 1. The lowest BCUT2D eigenvalue weighted by Crippen LogP contribution is -2.28. The molecule has 0 fully saturated rings. The lowest BCUT2D eigenvalue weighted by molar-refractivity contribution is -0.384. The van der Waals surface area contributed by atoms with Crippen molar-refractivity contribution in [1.82, 2.24) is 10.6 Å². The summed E-state index contributed by atoms with van der Waals surface area (Å²) in [5.41, 5.74) is 1.40. The van der Waals surface area contributed by atoms with Gasteiger partial charge in [-0.05, 0) is 53.9 Å². The van der Waals surface area contributed by atoms with Crippen LogP contribution < -0.4 is 20.1 Å². The summed E-state index contributed by atoms with van der Waals surface area (Å²) in [6.45, 7) is -1.64. The Labute approximate surface area is 291 Å². The number of amides is 2. The average Bonchev–Trinajstić information content (AvgIpc) is 3.11. The highest BCUT2D eigenvalue weighted by Crippen LogP contribution is 2.42. The number of nitro benzene ring substituents is 1. The molecular weight excluding hydrogens is 697 g/mol. The molecule has 2 atom stereocenters. The first-order valence-corrected chi connectivity index (χ1v) is 16.8. The zero-order valence-corrected chi connectivity index (χ0v) is 27.9. The first-order valence-electron chi connectivity index (χ1n) is 15.3. The third kappa shape index (κ3) is 15.5. The maximum Gasteiger partial charge on any atom is 0.514 e. The van der Waals surface area contributed by atoms with Gasteiger partial charge in [0.25, 0.3) is 5.69 Å². The number of hydrogen-bond acceptors (Lipinski definition) is 14. The largest absolute Gasteiger partial charge is 0.514 e. The van der Waals surface area contributed by atoms with Crippen LogP contribution in [-0.2, 0) is 41.1 Å². The summed E-state index contributed by atoms with van der Waals surface area (Å²) in [6, 6.07) is 17.5. The van der Waals surface area contributed by atoms with E-state index in [1.54, 1.807) is 24.3 Å². The van der Waals surface area contributed by atoms with Gasteiger partial charge >= 0.3 is 19.9 Å². The Kier molecular flexibility index (Phi) is 16.1. The van der Waals surface area contributed by atoms with Gasteiger partial charge in [0.15, 0.2) is 0 Å². The van der Waals surface area contributed by atoms with Crippen molar-refractivity contribution in [3.63, 3.8) is 0 Å². The van der Waals surface area contributed by atoms with Crippen molar-refractivity contribution in [3.05, 3.63) is 99.6 Å². The van der Waals surface area contributed by atoms with Crippen LogP contribution in [0.5, 0.6) is 11.5 Å². The number of rotatable bonds is 20. The van der Waals surface area contributed by atoms with Gasteiger partial charge < -0.3 is 40.0 Å². The minimum atomic E-state index is -4.45. The molecule has 18 nitrogen and oxygen atoms in total. The van der Waals surface area contributed by atoms with Crippen molar-refractivity contribution < 1.29 is 67.0 Å². The van der Waals surface area contributed by atoms with E-state index < -0.39 is 50.1 Å². The molecule has 0 aliphatic carbocycles. The van der Waals surface area contributed by atoms with Gasteiger partial charge in [0.2, 0.25) is 11.8 Å². The summed E-state index contributed by atoms with van der Waals surface area (Å²) in [5.74, 6) is -0.997. The molecule has 0 spiro atoms. The summed E-state index contributed by atoms with van der Waals surface area (Å²) in [6.07, 6.45) is -2.00. The minimum Gasteiger partial charge on any atom is -0.429 e. The molecule has 0 heterocycles. The number of esters is 1. The number of benzene rings is 3. The third-order valence-corrected chi connectivity index (χ3v) is 7.53. The first kappa shape index (κ1) is 40.2. The summed E-state index contributed by atoms with van der Waals surface area (Å²) in [4.78, 5) is 68.2. The molecule has 274 valence electrons. The quantitative estimate of drug-likeness (QED) is 0.0213. The molecule has 3 aromatic carbocycles. The molecule has 51 heavy (non-hydrogen) atoms. The number of non-ortho nitro benzene ring substituents is 1. The van der Waals surface area contributed by atoms with Crippen molar-refractivity contribution in [2.45, 2.75) is 38.5 Å². The fourth-order valence-electron chi connectivity index (χ4n) is 3.89. The van der Waals surface area contributed by atoms with Crippen molar-refractivity contribution in [2.75, 3.05) is 26.4 Å². The van der Waals surface area contributed by atoms with Crippen LogP contribution >= 0.6 is 7.82 Å². The molecule has 2 amide bonds. The van der Waals surface area contributed by atoms with Crippen LogP contribution in [0.2, 0.25) is 0 Å². The van der Waals surface area contributed by atoms with Crippen molar-refractivity contribution in [3.8, 4) is 11.5 Å². The maximum atomic E-state index is 12.6. The second-order valence-corrected chi connectivity index (χ2v) is 12.0. The number of carbonyl (C=O) groups excluding carboxylic acids is 4. The van der Waals surface area contributed by atoms with Gasteiger partial charge in [0, 0.05) is 38.1 Å². The topological polar surface area (TPSA) is 259 Å². The second kappa shape index (κ2) is 20.4. The van der Waals surface area contributed by atoms with Gasteiger partial charge in [-0.2, -0.15) is 0 Å². The molecule has 19 heteroatoms. The van der Waals surface area contributed by atoms with E-state index in [2.05, 4.69) is 19.7 Å². The number of ether oxygens (including phenoxy) is 3. The highest BCUT2D eigenvalue weighted by atomic mass is 31.2. The highest BCUT2D eigenvalue weighted by molar-refractivity contribution is 7.47. The SMILES string of the molecule is O=C(CCCC(=O)NCc1ccc(C(=O)Oc2ccc(COC(=O)Oc3ccc([N+](=O)[O-])cc3)cc2)cc1)NCCOP(=O)(O)OCC(O)CO. The Morgan fingerprint density at radius 1 is 0.824 bits per heavy atom. The van der Waals surface area contributed by atoms with Crippen LogP contribution in [0.15, 0.2) is 72.8 Å². The average molecular weight is 734 g/mol. The molecule has 0 radical (unpaired) electrons. The Morgan fingerprint density at radius 2 is 1.41 bits per heavy atom. The summed E-state index contributed by atoms with van der Waals surface area (Å²) < 4.78 is 36.1. The number of carbonyl (C=O) groups is 4. The first-order chi connectivity index (χ1) is 24.3. The van der Waals surface area contributed by atoms with E-state index in [0.29, 0.717) is 11.1 Å². The van der Waals surface area contributed by atoms with Gasteiger partial charge in [-0.25, -0.2) is 14.2 Å². The molecule has 2 unspecified atom stereocenters. The minimum absolute atomic E-state index is 0.0253. The molecule has 0 saturated heterocycles. The number of hydrogen-bond donors (Lipinski definition) is 5. The number of phosphoric ester groups is 1. The predicted molar refractivity (Wildman–Crippen MR) is 175 cm³/mol. The molecule has 5 N–H and O–H groups in total. The van der Waals surface area contributed by atoms with Crippen LogP contribution in [0, 0.1) is 10.1 Å². The predicted octanol–water partition coefficient (Wildman–Crippen LogP) is 2.92. The summed E-state index contributed by atoms with van der Waals surface area (Å²) in [7, 11) is -4.45. The van der Waals surface area contributed by atoms with Crippen LogP contribution in [0.3, 0.4) is 0 Å². The Hall–Kier alpha value is -5.23. The molecule has 3 aromatic rings. The molecule has 3 rings (SSSR count). The molecule has 0 aliphatic heterocycles. The number of nitrogens with one attached hydrogen (secondary N) is 2. The Balaban J connectivity index is 1.29. The van der Waals surface area contributed by atoms with E-state index in [1.165, 1.54) is 48.5 Å². The van der Waals surface area contributed by atoms with Gasteiger partial charge in [0.1, 0.15) is 24.2 Å². The zero-order chi connectivity index (χ0) is 37.2. The van der Waals surface area contributed by atoms with E-state index in [4.69, 9.17) is 24.4 Å². The number of aliphatic hydroxyl groups is 2. The molecular formula is C32H36N3O15P. The maximum absolute atomic E-state index is 12.6. The summed E-state index contributed by atoms with van der Waals surface area (Å²) in [5, 5.41) is 33.7. The fraction of sp³-hybridized carbons (Fsp3) is 0.312. The molecule has 0 aliphatic rings. The lowest BCUT2D eigenvalue weighted by atomic mass is 10.1. The van der Waals surface area contributed by atoms with Crippen LogP contribution in [0.4, 0.5) is 10.5 Å². The number of aliphatic hydroxyl groups excluding tert-OH is 2. The Bertz CT molecular complexity index is 1670. The van der Waals surface area contributed by atoms with E-state index in [9.17, 15) is 38.8 Å². The third-order valence-electron chi connectivity index (χ3n) is 6.55. The number of phosphoric acid groups is 1. The summed E-state index contributed by atoms with van der Waals surface area (Å²) >= 11 is 0. The van der Waals surface area contributed by atoms with Gasteiger partial charge in [-0.3, -0.25) is 28.8 Å². The zero-order valence-electron chi connectivity index (χ0n) is 27.0. The Morgan fingerprint density at radius 3 is 2.04 bits per heavy atom. The normalized spacial score (nSPS) is 12.5. The van der Waals surface area contributed by atoms with Crippen molar-refractivity contribution >= 4 is 37.4 Å². The monoisotopic (exact) mass is 733 g/mol. The molecule has 0 saturated carbocycles. The van der Waals surface area contributed by atoms with E-state index in [-0.39, 0.29) is 74.2 Å². The van der Waals surface area contributed by atoms with Crippen LogP contribution in [0.25, 0.3) is 0 Å². The van der Waals surface area contributed by atoms with E-state index in [1.807, 2.05) is 0 Å².